The summed E-state index contributed by atoms with van der Waals surface area (Å²) < 4.78 is 4.87. The van der Waals surface area contributed by atoms with E-state index in [1.807, 2.05) is 30.3 Å². The molecule has 0 atom stereocenters. The third-order valence-corrected chi connectivity index (χ3v) is 2.96. The largest absolute Gasteiger partial charge is 0.467 e. The molecule has 0 unspecified atom stereocenters. The zero-order valence-corrected chi connectivity index (χ0v) is 11.3. The Morgan fingerprint density at radius 2 is 1.86 bits per heavy atom. The molecule has 1 amide bonds. The number of nitrogens with zero attached hydrogens (tertiary/aromatic N) is 3. The number of benzene rings is 1. The molecule has 1 aromatic carbocycles. The highest BCUT2D eigenvalue weighted by molar-refractivity contribution is 6.11. The van der Waals surface area contributed by atoms with Crippen molar-refractivity contribution in [1.29, 1.82) is 0 Å². The van der Waals surface area contributed by atoms with Crippen molar-refractivity contribution in [3.8, 4) is 6.01 Å². The van der Waals surface area contributed by atoms with Crippen LogP contribution in [0.3, 0.4) is 0 Å². The minimum Gasteiger partial charge on any atom is -0.467 e. The van der Waals surface area contributed by atoms with Gasteiger partial charge in [0.05, 0.1) is 25.2 Å². The third kappa shape index (κ3) is 2.64. The van der Waals surface area contributed by atoms with Gasteiger partial charge >= 0.3 is 6.01 Å². The number of hydrogen-bond donors (Lipinski definition) is 1. The molecule has 0 saturated heterocycles. The molecule has 6 heteroatoms. The van der Waals surface area contributed by atoms with Crippen LogP contribution in [-0.4, -0.2) is 28.0 Å². The van der Waals surface area contributed by atoms with Gasteiger partial charge in [-0.25, -0.2) is 9.97 Å². The lowest BCUT2D eigenvalue weighted by Crippen LogP contribution is -2.14. The molecule has 0 aliphatic rings. The number of amides is 1. The van der Waals surface area contributed by atoms with E-state index >= 15 is 0 Å². The molecule has 0 saturated carbocycles. The number of anilines is 1. The molecule has 21 heavy (non-hydrogen) atoms. The van der Waals surface area contributed by atoms with Crippen LogP contribution in [0.25, 0.3) is 10.8 Å². The molecule has 0 aliphatic heterocycles. The Balaban J connectivity index is 1.90. The van der Waals surface area contributed by atoms with Crippen LogP contribution in [-0.2, 0) is 0 Å². The van der Waals surface area contributed by atoms with Crippen LogP contribution in [0.5, 0.6) is 6.01 Å². The number of rotatable bonds is 3. The fourth-order valence-corrected chi connectivity index (χ4v) is 1.98. The molecule has 2 heterocycles. The van der Waals surface area contributed by atoms with Gasteiger partial charge in [0, 0.05) is 11.6 Å². The summed E-state index contributed by atoms with van der Waals surface area (Å²) in [4.78, 5) is 24.4. The fraction of sp³-hybridized carbons (Fsp3) is 0.0667. The van der Waals surface area contributed by atoms with E-state index in [-0.39, 0.29) is 11.9 Å². The number of pyridine rings is 1. The highest BCUT2D eigenvalue weighted by Crippen LogP contribution is 2.17. The maximum atomic E-state index is 12.3. The number of hydrogen-bond acceptors (Lipinski definition) is 5. The number of aromatic nitrogens is 3. The van der Waals surface area contributed by atoms with Gasteiger partial charge < -0.3 is 10.1 Å². The molecular formula is C15H12N4O2. The third-order valence-electron chi connectivity index (χ3n) is 2.96. The Labute approximate surface area is 120 Å². The smallest absolute Gasteiger partial charge is 0.316 e. The SMILES string of the molecule is COc1ncc(NC(=O)c2nccc3ccccc23)cn1. The van der Waals surface area contributed by atoms with Crippen molar-refractivity contribution in [2.24, 2.45) is 0 Å². The van der Waals surface area contributed by atoms with Crippen LogP contribution in [0, 0.1) is 0 Å². The number of fused-ring (bicyclic) bond motifs is 1. The number of ether oxygens (including phenoxy) is 1. The summed E-state index contributed by atoms with van der Waals surface area (Å²) in [6.45, 7) is 0. The van der Waals surface area contributed by atoms with E-state index in [0.717, 1.165) is 10.8 Å². The average Bonchev–Trinajstić information content (AvgIpc) is 2.55. The van der Waals surface area contributed by atoms with Gasteiger partial charge in [-0.2, -0.15) is 0 Å². The van der Waals surface area contributed by atoms with Gasteiger partial charge in [0.2, 0.25) is 0 Å². The second-order valence-corrected chi connectivity index (χ2v) is 4.29. The first kappa shape index (κ1) is 13.0. The monoisotopic (exact) mass is 280 g/mol. The van der Waals surface area contributed by atoms with Crippen molar-refractivity contribution in [3.63, 3.8) is 0 Å². The Kier molecular flexibility index (Phi) is 3.42. The molecule has 1 N–H and O–H groups in total. The van der Waals surface area contributed by atoms with Crippen molar-refractivity contribution in [2.75, 3.05) is 12.4 Å². The first-order chi connectivity index (χ1) is 10.3. The van der Waals surface area contributed by atoms with Crippen molar-refractivity contribution < 1.29 is 9.53 Å². The Hall–Kier alpha value is -3.02. The first-order valence-corrected chi connectivity index (χ1v) is 6.29. The minimum absolute atomic E-state index is 0.247. The van der Waals surface area contributed by atoms with E-state index in [1.54, 1.807) is 6.20 Å². The molecular weight excluding hydrogens is 268 g/mol. The maximum absolute atomic E-state index is 12.3. The molecule has 0 aliphatic carbocycles. The Morgan fingerprint density at radius 3 is 2.62 bits per heavy atom. The summed E-state index contributed by atoms with van der Waals surface area (Å²) >= 11 is 0. The lowest BCUT2D eigenvalue weighted by Gasteiger charge is -2.07. The van der Waals surface area contributed by atoms with Crippen LogP contribution in [0.2, 0.25) is 0 Å². The standard InChI is InChI=1S/C15H12N4O2/c1-21-15-17-8-11(9-18-15)19-14(20)13-12-5-3-2-4-10(12)6-7-16-13/h2-9H,1H3,(H,19,20). The van der Waals surface area contributed by atoms with E-state index in [0.29, 0.717) is 11.4 Å². The summed E-state index contributed by atoms with van der Waals surface area (Å²) in [6.07, 6.45) is 4.57. The molecule has 3 rings (SSSR count). The van der Waals surface area contributed by atoms with Crippen LogP contribution >= 0.6 is 0 Å². The van der Waals surface area contributed by atoms with Gasteiger partial charge in [-0.15, -0.1) is 0 Å². The normalized spacial score (nSPS) is 10.3. The lowest BCUT2D eigenvalue weighted by molar-refractivity contribution is 0.102. The van der Waals surface area contributed by atoms with E-state index in [2.05, 4.69) is 20.3 Å². The zero-order chi connectivity index (χ0) is 14.7. The second-order valence-electron chi connectivity index (χ2n) is 4.29. The van der Waals surface area contributed by atoms with Crippen molar-refractivity contribution >= 4 is 22.4 Å². The summed E-state index contributed by atoms with van der Waals surface area (Å²) in [5.41, 5.74) is 0.847. The zero-order valence-electron chi connectivity index (χ0n) is 11.3. The molecule has 2 aromatic heterocycles. The maximum Gasteiger partial charge on any atom is 0.316 e. The molecule has 0 fully saturated rings. The van der Waals surface area contributed by atoms with Crippen molar-refractivity contribution in [3.05, 3.63) is 54.6 Å². The number of carbonyl (C=O) groups excluding carboxylic acids is 1. The predicted octanol–water partition coefficient (Wildman–Crippen LogP) is 2.29. The molecule has 0 radical (unpaired) electrons. The average molecular weight is 280 g/mol. The van der Waals surface area contributed by atoms with Gasteiger partial charge in [0.1, 0.15) is 5.69 Å². The fourth-order valence-electron chi connectivity index (χ4n) is 1.98. The predicted molar refractivity (Wildman–Crippen MR) is 78.3 cm³/mol. The first-order valence-electron chi connectivity index (χ1n) is 6.29. The van der Waals surface area contributed by atoms with E-state index in [9.17, 15) is 4.79 Å². The van der Waals surface area contributed by atoms with E-state index in [4.69, 9.17) is 4.74 Å². The van der Waals surface area contributed by atoms with Crippen LogP contribution < -0.4 is 10.1 Å². The van der Waals surface area contributed by atoms with Crippen LogP contribution in [0.15, 0.2) is 48.9 Å². The summed E-state index contributed by atoms with van der Waals surface area (Å²) in [5.74, 6) is -0.305. The van der Waals surface area contributed by atoms with Gasteiger partial charge in [0.15, 0.2) is 0 Å². The van der Waals surface area contributed by atoms with Crippen LogP contribution in [0.4, 0.5) is 5.69 Å². The molecule has 104 valence electrons. The van der Waals surface area contributed by atoms with Crippen molar-refractivity contribution in [2.45, 2.75) is 0 Å². The Morgan fingerprint density at radius 1 is 1.10 bits per heavy atom. The molecule has 0 spiro atoms. The molecule has 0 bridgehead atoms. The number of carbonyl (C=O) groups is 1. The highest BCUT2D eigenvalue weighted by Gasteiger charge is 2.12. The van der Waals surface area contributed by atoms with Crippen molar-refractivity contribution in [1.82, 2.24) is 15.0 Å². The van der Waals surface area contributed by atoms with Crippen LogP contribution in [0.1, 0.15) is 10.5 Å². The molecule has 6 nitrogen and oxygen atoms in total. The Bertz CT molecular complexity index is 782. The van der Waals surface area contributed by atoms with Gasteiger partial charge in [0.25, 0.3) is 5.91 Å². The second kappa shape index (κ2) is 5.54. The minimum atomic E-state index is -0.305. The van der Waals surface area contributed by atoms with Gasteiger partial charge in [-0.05, 0) is 11.5 Å². The quantitative estimate of drug-likeness (QED) is 0.796. The number of nitrogens with one attached hydrogen (secondary N) is 1. The van der Waals surface area contributed by atoms with Gasteiger partial charge in [-0.1, -0.05) is 24.3 Å². The lowest BCUT2D eigenvalue weighted by atomic mass is 10.1. The summed E-state index contributed by atoms with van der Waals surface area (Å²) in [6, 6.07) is 9.70. The van der Waals surface area contributed by atoms with E-state index < -0.39 is 0 Å². The summed E-state index contributed by atoms with van der Waals surface area (Å²) in [5, 5.41) is 4.48. The van der Waals surface area contributed by atoms with Gasteiger partial charge in [-0.3, -0.25) is 9.78 Å². The number of methoxy groups -OCH3 is 1. The molecule has 3 aromatic rings. The highest BCUT2D eigenvalue weighted by atomic mass is 16.5. The van der Waals surface area contributed by atoms with E-state index in [1.165, 1.54) is 19.5 Å². The topological polar surface area (TPSA) is 77.0 Å². The summed E-state index contributed by atoms with van der Waals surface area (Å²) in [7, 11) is 1.48.